The van der Waals surface area contributed by atoms with E-state index >= 15 is 0 Å². The van der Waals surface area contributed by atoms with Crippen molar-refractivity contribution in [2.75, 3.05) is 33.7 Å². The lowest BCUT2D eigenvalue weighted by Gasteiger charge is -2.33. The lowest BCUT2D eigenvalue weighted by Crippen LogP contribution is -2.40. The number of carbonyl (C=O) groups excluding carboxylic acids is 1. The van der Waals surface area contributed by atoms with Gasteiger partial charge in [0.15, 0.2) is 0 Å². The van der Waals surface area contributed by atoms with Crippen LogP contribution < -0.4 is 0 Å². The van der Waals surface area contributed by atoms with Crippen molar-refractivity contribution in [2.24, 2.45) is 7.05 Å². The molecule has 6 heteroatoms. The maximum absolute atomic E-state index is 13.3. The molecule has 28 heavy (non-hydrogen) atoms. The minimum atomic E-state index is 0.132. The number of rotatable bonds is 5. The van der Waals surface area contributed by atoms with Crippen LogP contribution in [0.2, 0.25) is 0 Å². The van der Waals surface area contributed by atoms with Gasteiger partial charge in [-0.15, -0.1) is 0 Å². The van der Waals surface area contributed by atoms with E-state index in [0.717, 1.165) is 61.3 Å². The van der Waals surface area contributed by atoms with E-state index in [1.54, 1.807) is 0 Å². The molecule has 0 aliphatic carbocycles. The van der Waals surface area contributed by atoms with Crippen LogP contribution in [0, 0.1) is 0 Å². The highest BCUT2D eigenvalue weighted by atomic mass is 16.2. The van der Waals surface area contributed by atoms with Gasteiger partial charge in [0.25, 0.3) is 5.91 Å². The van der Waals surface area contributed by atoms with Gasteiger partial charge >= 0.3 is 0 Å². The van der Waals surface area contributed by atoms with Gasteiger partial charge in [0, 0.05) is 74.2 Å². The van der Waals surface area contributed by atoms with Crippen LogP contribution in [-0.2, 0) is 13.6 Å². The van der Waals surface area contributed by atoms with E-state index in [-0.39, 0.29) is 5.91 Å². The Morgan fingerprint density at radius 3 is 2.93 bits per heavy atom. The van der Waals surface area contributed by atoms with Gasteiger partial charge in [0.2, 0.25) is 0 Å². The second-order valence-corrected chi connectivity index (χ2v) is 8.04. The highest BCUT2D eigenvalue weighted by Gasteiger charge is 2.28. The molecule has 3 aromatic rings. The van der Waals surface area contributed by atoms with E-state index in [2.05, 4.69) is 45.4 Å². The van der Waals surface area contributed by atoms with Gasteiger partial charge in [-0.1, -0.05) is 6.07 Å². The molecular formula is C22H29N5O. The number of hydrogen-bond acceptors (Lipinski definition) is 3. The summed E-state index contributed by atoms with van der Waals surface area (Å²) in [5, 5.41) is 1.03. The number of hydrogen-bond donors (Lipinski definition) is 0. The molecule has 0 radical (unpaired) electrons. The van der Waals surface area contributed by atoms with Crippen LogP contribution >= 0.6 is 0 Å². The summed E-state index contributed by atoms with van der Waals surface area (Å²) < 4.78 is 4.31. The van der Waals surface area contributed by atoms with Crippen molar-refractivity contribution in [3.63, 3.8) is 0 Å². The molecule has 4 rings (SSSR count). The Morgan fingerprint density at radius 2 is 2.11 bits per heavy atom. The molecule has 0 bridgehead atoms. The zero-order chi connectivity index (χ0) is 19.7. The van der Waals surface area contributed by atoms with Crippen molar-refractivity contribution in [3.8, 4) is 0 Å². The quantitative estimate of drug-likeness (QED) is 0.685. The van der Waals surface area contributed by atoms with Crippen LogP contribution in [0.5, 0.6) is 0 Å². The molecule has 1 amide bonds. The van der Waals surface area contributed by atoms with Gasteiger partial charge in [0.1, 0.15) is 5.82 Å². The minimum absolute atomic E-state index is 0.132. The van der Waals surface area contributed by atoms with Crippen LogP contribution in [0.25, 0.3) is 10.9 Å². The maximum Gasteiger partial charge on any atom is 0.254 e. The topological polar surface area (TPSA) is 46.3 Å². The number of piperidine rings is 1. The normalized spacial score (nSPS) is 17.6. The second kappa shape index (κ2) is 7.80. The molecule has 0 saturated carbocycles. The fraction of sp³-hybridized carbons (Fsp3) is 0.455. The largest absolute Gasteiger partial charge is 0.351 e. The number of aryl methyl sites for hydroxylation is 1. The smallest absolute Gasteiger partial charge is 0.254 e. The first-order valence-corrected chi connectivity index (χ1v) is 10.0. The number of fused-ring (bicyclic) bond motifs is 1. The minimum Gasteiger partial charge on any atom is -0.351 e. The summed E-state index contributed by atoms with van der Waals surface area (Å²) >= 11 is 0. The average molecular weight is 380 g/mol. The first kappa shape index (κ1) is 18.7. The van der Waals surface area contributed by atoms with Crippen LogP contribution in [0.3, 0.4) is 0 Å². The molecule has 0 spiro atoms. The average Bonchev–Trinajstić information content (AvgIpc) is 3.33. The zero-order valence-corrected chi connectivity index (χ0v) is 17.0. The summed E-state index contributed by atoms with van der Waals surface area (Å²) in [5.41, 5.74) is 1.90. The maximum atomic E-state index is 13.3. The third-order valence-corrected chi connectivity index (χ3v) is 5.77. The Labute approximate surface area is 166 Å². The number of nitrogens with zero attached hydrogens (tertiary/aromatic N) is 5. The van der Waals surface area contributed by atoms with E-state index in [4.69, 9.17) is 0 Å². The third-order valence-electron chi connectivity index (χ3n) is 5.77. The van der Waals surface area contributed by atoms with Gasteiger partial charge in [-0.3, -0.25) is 4.79 Å². The van der Waals surface area contributed by atoms with Gasteiger partial charge < -0.3 is 18.9 Å². The predicted octanol–water partition coefficient (Wildman–Crippen LogP) is 2.96. The summed E-state index contributed by atoms with van der Waals surface area (Å²) in [5.74, 6) is 1.54. The number of likely N-dealkylation sites (N-methyl/N-ethyl adjacent to an activating group) is 1. The third kappa shape index (κ3) is 3.56. The summed E-state index contributed by atoms with van der Waals surface area (Å²) in [6, 6.07) is 8.03. The van der Waals surface area contributed by atoms with Crippen molar-refractivity contribution in [1.29, 1.82) is 0 Å². The number of carbonyl (C=O) groups is 1. The predicted molar refractivity (Wildman–Crippen MR) is 112 cm³/mol. The number of amides is 1. The van der Waals surface area contributed by atoms with E-state index in [0.29, 0.717) is 5.92 Å². The van der Waals surface area contributed by atoms with Gasteiger partial charge in [-0.05, 0) is 45.1 Å². The van der Waals surface area contributed by atoms with Crippen LogP contribution in [0.15, 0.2) is 42.9 Å². The Bertz CT molecular complexity index is 970. The summed E-state index contributed by atoms with van der Waals surface area (Å²) in [6.45, 7) is 3.46. The monoisotopic (exact) mass is 379 g/mol. The first-order chi connectivity index (χ1) is 13.5. The molecule has 6 nitrogen and oxygen atoms in total. The van der Waals surface area contributed by atoms with Crippen molar-refractivity contribution in [2.45, 2.75) is 25.3 Å². The Balaban J connectivity index is 1.54. The molecule has 0 N–H and O–H groups in total. The Kier molecular flexibility index (Phi) is 5.22. The fourth-order valence-electron chi connectivity index (χ4n) is 4.21. The summed E-state index contributed by atoms with van der Waals surface area (Å²) in [4.78, 5) is 22.2. The van der Waals surface area contributed by atoms with E-state index in [1.807, 2.05) is 42.5 Å². The molecular weight excluding hydrogens is 350 g/mol. The molecule has 1 saturated heterocycles. The number of likely N-dealkylation sites (tertiary alicyclic amines) is 1. The number of imidazole rings is 1. The number of aromatic nitrogens is 3. The van der Waals surface area contributed by atoms with Crippen molar-refractivity contribution >= 4 is 16.8 Å². The highest BCUT2D eigenvalue weighted by molar-refractivity contribution is 6.06. The second-order valence-electron chi connectivity index (χ2n) is 8.04. The molecule has 2 aromatic heterocycles. The molecule has 1 aliphatic rings. The standard InChI is InChI=1S/C22H29N5O/c1-24(2)14-15-26-13-10-23-21(26)17-6-5-11-27(16-17)22(28)19-7-4-8-20-18(19)9-12-25(20)3/h4,7-10,12-13,17H,5-6,11,14-16H2,1-3H3/t17-/m1/s1. The molecule has 1 aromatic carbocycles. The van der Waals surface area contributed by atoms with Crippen LogP contribution in [-0.4, -0.2) is 63.6 Å². The first-order valence-electron chi connectivity index (χ1n) is 10.0. The van der Waals surface area contributed by atoms with Crippen LogP contribution in [0.1, 0.15) is 34.9 Å². The van der Waals surface area contributed by atoms with Crippen molar-refractivity contribution in [1.82, 2.24) is 23.9 Å². The summed E-state index contributed by atoms with van der Waals surface area (Å²) in [7, 11) is 6.19. The van der Waals surface area contributed by atoms with Gasteiger partial charge in [-0.25, -0.2) is 4.98 Å². The molecule has 1 aliphatic heterocycles. The molecule has 3 heterocycles. The molecule has 148 valence electrons. The SMILES string of the molecule is CN(C)CCn1ccnc1[C@@H]1CCCN(C(=O)c2cccc3c2ccn3C)C1. The Morgan fingerprint density at radius 1 is 1.25 bits per heavy atom. The zero-order valence-electron chi connectivity index (χ0n) is 17.0. The van der Waals surface area contributed by atoms with E-state index in [1.165, 1.54) is 0 Å². The lowest BCUT2D eigenvalue weighted by atomic mass is 9.96. The molecule has 1 fully saturated rings. The van der Waals surface area contributed by atoms with Gasteiger partial charge in [0.05, 0.1) is 0 Å². The van der Waals surface area contributed by atoms with E-state index in [9.17, 15) is 4.79 Å². The lowest BCUT2D eigenvalue weighted by molar-refractivity contribution is 0.0705. The Hall–Kier alpha value is -2.60. The van der Waals surface area contributed by atoms with Crippen molar-refractivity contribution in [3.05, 3.63) is 54.2 Å². The number of benzene rings is 1. The van der Waals surface area contributed by atoms with Crippen molar-refractivity contribution < 1.29 is 4.79 Å². The van der Waals surface area contributed by atoms with Gasteiger partial charge in [-0.2, -0.15) is 0 Å². The van der Waals surface area contributed by atoms with E-state index < -0.39 is 0 Å². The molecule has 1 atom stereocenters. The van der Waals surface area contributed by atoms with Crippen LogP contribution in [0.4, 0.5) is 0 Å². The highest BCUT2D eigenvalue weighted by Crippen LogP contribution is 2.28. The fourth-order valence-corrected chi connectivity index (χ4v) is 4.21. The molecule has 0 unspecified atom stereocenters. The summed E-state index contributed by atoms with van der Waals surface area (Å²) in [6.07, 6.45) is 8.06.